The smallest absolute Gasteiger partial charge is 0.422 e. The van der Waals surface area contributed by atoms with E-state index in [9.17, 15) is 22.4 Å². The molecule has 1 aromatic heterocycles. The van der Waals surface area contributed by atoms with Crippen molar-refractivity contribution < 1.29 is 36.9 Å². The van der Waals surface area contributed by atoms with Crippen LogP contribution in [0.15, 0.2) is 30.5 Å². The predicted molar refractivity (Wildman–Crippen MR) is 101 cm³/mol. The van der Waals surface area contributed by atoms with Crippen LogP contribution >= 0.6 is 23.2 Å². The maximum Gasteiger partial charge on any atom is 0.422 e. The van der Waals surface area contributed by atoms with Crippen molar-refractivity contribution in [2.24, 2.45) is 0 Å². The standard InChI is InChI=1S/C13H7Cl2F4NO2.C5H9NO2/c14-9-2-1-7(16)3-11(9)22-8-4-10(15)12(20-5-8)21-6-13(17,18)19;7-5(8)4-2-1-3-6-4/h1-5H,6H2;4,6H,1-3H2,(H,7,8). The second-order valence-electron chi connectivity index (χ2n) is 6.03. The van der Waals surface area contributed by atoms with E-state index in [-0.39, 0.29) is 27.6 Å². The van der Waals surface area contributed by atoms with Gasteiger partial charge in [-0.2, -0.15) is 13.2 Å². The molecule has 0 amide bonds. The summed E-state index contributed by atoms with van der Waals surface area (Å²) in [5.41, 5.74) is 0. The third kappa shape index (κ3) is 7.85. The van der Waals surface area contributed by atoms with Gasteiger partial charge in [-0.05, 0) is 31.5 Å². The first-order valence-electron chi connectivity index (χ1n) is 8.49. The minimum Gasteiger partial charge on any atom is -0.480 e. The van der Waals surface area contributed by atoms with Gasteiger partial charge >= 0.3 is 12.1 Å². The number of rotatable bonds is 5. The fourth-order valence-electron chi connectivity index (χ4n) is 2.30. The molecule has 2 heterocycles. The van der Waals surface area contributed by atoms with Crippen LogP contribution in [-0.4, -0.2) is 41.4 Å². The Labute approximate surface area is 178 Å². The van der Waals surface area contributed by atoms with Gasteiger partial charge in [0.05, 0.1) is 11.2 Å². The maximum atomic E-state index is 13.1. The molecule has 1 aliphatic heterocycles. The van der Waals surface area contributed by atoms with Crippen LogP contribution in [0.2, 0.25) is 10.0 Å². The van der Waals surface area contributed by atoms with Crippen LogP contribution in [0.5, 0.6) is 17.4 Å². The van der Waals surface area contributed by atoms with E-state index in [4.69, 9.17) is 33.0 Å². The number of halogens is 6. The molecule has 1 fully saturated rings. The van der Waals surface area contributed by atoms with E-state index in [1.165, 1.54) is 12.1 Å². The Morgan fingerprint density at radius 3 is 2.53 bits per heavy atom. The normalized spacial score (nSPS) is 15.9. The summed E-state index contributed by atoms with van der Waals surface area (Å²) in [4.78, 5) is 13.8. The molecule has 0 spiro atoms. The molecule has 0 bridgehead atoms. The number of carboxylic acids is 1. The van der Waals surface area contributed by atoms with Gasteiger partial charge in [0.15, 0.2) is 6.61 Å². The van der Waals surface area contributed by atoms with Gasteiger partial charge in [0.25, 0.3) is 0 Å². The zero-order valence-electron chi connectivity index (χ0n) is 15.2. The van der Waals surface area contributed by atoms with Crippen molar-refractivity contribution in [3.63, 3.8) is 0 Å². The van der Waals surface area contributed by atoms with Gasteiger partial charge in [0.2, 0.25) is 5.88 Å². The predicted octanol–water partition coefficient (Wildman–Crippen LogP) is 5.08. The summed E-state index contributed by atoms with van der Waals surface area (Å²) in [7, 11) is 0. The van der Waals surface area contributed by atoms with Gasteiger partial charge in [-0.3, -0.25) is 4.79 Å². The molecule has 1 unspecified atom stereocenters. The number of pyridine rings is 1. The van der Waals surface area contributed by atoms with Gasteiger partial charge in [-0.1, -0.05) is 23.2 Å². The zero-order chi connectivity index (χ0) is 22.3. The fourth-order valence-corrected chi connectivity index (χ4v) is 2.66. The van der Waals surface area contributed by atoms with E-state index >= 15 is 0 Å². The van der Waals surface area contributed by atoms with Crippen LogP contribution in [-0.2, 0) is 4.79 Å². The SMILES string of the molecule is Fc1ccc(Cl)c(Oc2cnc(OCC(F)(F)F)c(Cl)c2)c1.O=C(O)C1CCCN1. The molecule has 0 saturated carbocycles. The number of alkyl halides is 3. The van der Waals surface area contributed by atoms with Crippen LogP contribution in [0.3, 0.4) is 0 Å². The Balaban J connectivity index is 0.000000335. The molecule has 0 radical (unpaired) electrons. The molecular weight excluding hydrogens is 455 g/mol. The third-order valence-electron chi connectivity index (χ3n) is 3.63. The molecule has 164 valence electrons. The molecule has 6 nitrogen and oxygen atoms in total. The van der Waals surface area contributed by atoms with E-state index in [0.717, 1.165) is 37.7 Å². The lowest BCUT2D eigenvalue weighted by molar-refractivity contribution is -0.154. The van der Waals surface area contributed by atoms with E-state index in [2.05, 4.69) is 15.0 Å². The van der Waals surface area contributed by atoms with E-state index in [0.29, 0.717) is 0 Å². The number of hydrogen-bond acceptors (Lipinski definition) is 5. The number of carbonyl (C=O) groups is 1. The van der Waals surface area contributed by atoms with Crippen molar-refractivity contribution in [2.45, 2.75) is 25.1 Å². The highest BCUT2D eigenvalue weighted by molar-refractivity contribution is 6.32. The third-order valence-corrected chi connectivity index (χ3v) is 4.22. The monoisotopic (exact) mass is 470 g/mol. The lowest BCUT2D eigenvalue weighted by atomic mass is 10.2. The van der Waals surface area contributed by atoms with E-state index < -0.39 is 30.4 Å². The van der Waals surface area contributed by atoms with Crippen LogP contribution in [0.1, 0.15) is 12.8 Å². The van der Waals surface area contributed by atoms with Crippen molar-refractivity contribution in [2.75, 3.05) is 13.2 Å². The molecule has 2 N–H and O–H groups in total. The molecule has 1 aliphatic rings. The Morgan fingerprint density at radius 1 is 1.27 bits per heavy atom. The second kappa shape index (κ2) is 10.6. The summed E-state index contributed by atoms with van der Waals surface area (Å²) in [6.45, 7) is -0.660. The number of nitrogens with one attached hydrogen (secondary N) is 1. The summed E-state index contributed by atoms with van der Waals surface area (Å²) in [5.74, 6) is -1.59. The number of hydrogen-bond donors (Lipinski definition) is 2. The Kier molecular flexibility index (Phi) is 8.51. The summed E-state index contributed by atoms with van der Waals surface area (Å²) < 4.78 is 59.0. The lowest BCUT2D eigenvalue weighted by Crippen LogP contribution is -2.29. The molecule has 1 aromatic carbocycles. The average molecular weight is 471 g/mol. The molecule has 30 heavy (non-hydrogen) atoms. The van der Waals surface area contributed by atoms with E-state index in [1.54, 1.807) is 0 Å². The van der Waals surface area contributed by atoms with Crippen molar-refractivity contribution in [3.8, 4) is 17.4 Å². The van der Waals surface area contributed by atoms with Crippen LogP contribution in [0, 0.1) is 5.82 Å². The number of benzene rings is 1. The van der Waals surface area contributed by atoms with Crippen molar-refractivity contribution in [1.29, 1.82) is 0 Å². The number of aliphatic carboxylic acids is 1. The lowest BCUT2D eigenvalue weighted by Gasteiger charge is -2.11. The number of aromatic nitrogens is 1. The second-order valence-corrected chi connectivity index (χ2v) is 6.84. The largest absolute Gasteiger partial charge is 0.480 e. The van der Waals surface area contributed by atoms with Crippen LogP contribution in [0.4, 0.5) is 17.6 Å². The van der Waals surface area contributed by atoms with Gasteiger partial charge in [-0.15, -0.1) is 0 Å². The summed E-state index contributed by atoms with van der Waals surface area (Å²) in [6, 6.07) is 4.40. The fraction of sp³-hybridized carbons (Fsp3) is 0.333. The van der Waals surface area contributed by atoms with Gasteiger partial charge < -0.3 is 19.9 Å². The Bertz CT molecular complexity index is 878. The minimum atomic E-state index is -4.50. The van der Waals surface area contributed by atoms with Crippen molar-refractivity contribution >= 4 is 29.2 Å². The first kappa shape index (κ1) is 24.0. The summed E-state index contributed by atoms with van der Waals surface area (Å²) in [5, 5.41) is 11.2. The van der Waals surface area contributed by atoms with Gasteiger partial charge in [0, 0.05) is 12.1 Å². The molecule has 0 aliphatic carbocycles. The molecule has 1 saturated heterocycles. The van der Waals surface area contributed by atoms with Crippen molar-refractivity contribution in [3.05, 3.63) is 46.3 Å². The first-order valence-corrected chi connectivity index (χ1v) is 9.25. The highest BCUT2D eigenvalue weighted by Crippen LogP contribution is 2.33. The molecule has 12 heteroatoms. The van der Waals surface area contributed by atoms with E-state index in [1.807, 2.05) is 0 Å². The maximum absolute atomic E-state index is 13.1. The molecular formula is C18H16Cl2F4N2O4. The number of carboxylic acid groups (broad SMARTS) is 1. The Morgan fingerprint density at radius 2 is 2.00 bits per heavy atom. The average Bonchev–Trinajstić information content (AvgIpc) is 3.19. The Hall–Kier alpha value is -2.30. The highest BCUT2D eigenvalue weighted by Gasteiger charge is 2.29. The van der Waals surface area contributed by atoms with Gasteiger partial charge in [-0.25, -0.2) is 9.37 Å². The number of ether oxygens (including phenoxy) is 2. The summed E-state index contributed by atoms with van der Waals surface area (Å²) in [6.07, 6.45) is -1.64. The number of nitrogens with zero attached hydrogens (tertiary/aromatic N) is 1. The zero-order valence-corrected chi connectivity index (χ0v) is 16.7. The van der Waals surface area contributed by atoms with Crippen LogP contribution < -0.4 is 14.8 Å². The topological polar surface area (TPSA) is 80.7 Å². The minimum absolute atomic E-state index is 0.0171. The highest BCUT2D eigenvalue weighted by atomic mass is 35.5. The first-order chi connectivity index (χ1) is 14.0. The van der Waals surface area contributed by atoms with Crippen LogP contribution in [0.25, 0.3) is 0 Å². The van der Waals surface area contributed by atoms with Crippen molar-refractivity contribution in [1.82, 2.24) is 10.3 Å². The molecule has 3 rings (SSSR count). The molecule has 2 aromatic rings. The molecule has 1 atom stereocenters. The quantitative estimate of drug-likeness (QED) is 0.592. The summed E-state index contributed by atoms with van der Waals surface area (Å²) >= 11 is 11.6. The van der Waals surface area contributed by atoms with Gasteiger partial charge in [0.1, 0.15) is 28.4 Å².